The molecule has 2 N–H and O–H groups in total. The van der Waals surface area contributed by atoms with E-state index in [9.17, 15) is 0 Å². The summed E-state index contributed by atoms with van der Waals surface area (Å²) < 4.78 is 5.84. The Kier molecular flexibility index (Phi) is 3.85. The van der Waals surface area contributed by atoms with Crippen LogP contribution in [-0.4, -0.2) is 29.0 Å². The average molecular weight is 271 g/mol. The number of hydrogen-bond donors (Lipinski definition) is 1. The number of nitrogens with zero attached hydrogens (tertiary/aromatic N) is 2. The van der Waals surface area contributed by atoms with Gasteiger partial charge in [0.05, 0.1) is 12.7 Å². The lowest BCUT2D eigenvalue weighted by Crippen LogP contribution is -2.47. The first-order chi connectivity index (χ1) is 9.72. The van der Waals surface area contributed by atoms with Crippen molar-refractivity contribution in [2.24, 2.45) is 11.7 Å². The van der Waals surface area contributed by atoms with E-state index in [1.807, 2.05) is 30.3 Å². The largest absolute Gasteiger partial charge is 0.439 e. The zero-order valence-corrected chi connectivity index (χ0v) is 11.8. The summed E-state index contributed by atoms with van der Waals surface area (Å²) in [5, 5.41) is 0. The lowest BCUT2D eigenvalue weighted by atomic mass is 9.94. The lowest BCUT2D eigenvalue weighted by Gasteiger charge is -2.34. The zero-order valence-electron chi connectivity index (χ0n) is 11.8. The minimum Gasteiger partial charge on any atom is -0.439 e. The third-order valence-electron chi connectivity index (χ3n) is 4.07. The van der Waals surface area contributed by atoms with Crippen LogP contribution in [0, 0.1) is 5.92 Å². The molecule has 1 aliphatic rings. The Bertz CT molecular complexity index is 552. The second-order valence-corrected chi connectivity index (χ2v) is 5.65. The van der Waals surface area contributed by atoms with Gasteiger partial charge in [0, 0.05) is 18.2 Å². The zero-order chi connectivity index (χ0) is 13.9. The van der Waals surface area contributed by atoms with Crippen LogP contribution in [0.3, 0.4) is 0 Å². The van der Waals surface area contributed by atoms with E-state index in [4.69, 9.17) is 10.2 Å². The van der Waals surface area contributed by atoms with Crippen LogP contribution in [0.25, 0.3) is 11.3 Å². The lowest BCUT2D eigenvalue weighted by molar-refractivity contribution is 0.150. The normalized spacial score (nSPS) is 23.9. The van der Waals surface area contributed by atoms with Gasteiger partial charge in [0.1, 0.15) is 0 Å². The second kappa shape index (κ2) is 5.77. The smallest absolute Gasteiger partial charge is 0.209 e. The molecular weight excluding hydrogens is 250 g/mol. The summed E-state index contributed by atoms with van der Waals surface area (Å²) in [7, 11) is 0. The van der Waals surface area contributed by atoms with Gasteiger partial charge in [-0.25, -0.2) is 4.98 Å². The van der Waals surface area contributed by atoms with Gasteiger partial charge < -0.3 is 10.2 Å². The maximum atomic E-state index is 6.13. The summed E-state index contributed by atoms with van der Waals surface area (Å²) in [4.78, 5) is 6.71. The maximum absolute atomic E-state index is 6.13. The molecule has 2 unspecified atom stereocenters. The molecular formula is C16H21N3O. The van der Waals surface area contributed by atoms with Crippen molar-refractivity contribution in [3.05, 3.63) is 42.4 Å². The SMILES string of the molecule is CC1CCN(Cc2ncc(-c3ccccc3)o2)CC1N. The Morgan fingerprint density at radius 1 is 1.35 bits per heavy atom. The van der Waals surface area contributed by atoms with Gasteiger partial charge in [-0.3, -0.25) is 4.90 Å². The number of rotatable bonds is 3. The molecule has 0 saturated carbocycles. The molecule has 106 valence electrons. The van der Waals surface area contributed by atoms with Gasteiger partial charge in [-0.15, -0.1) is 0 Å². The monoisotopic (exact) mass is 271 g/mol. The number of aromatic nitrogens is 1. The van der Waals surface area contributed by atoms with Crippen molar-refractivity contribution in [3.8, 4) is 11.3 Å². The van der Waals surface area contributed by atoms with Crippen LogP contribution in [-0.2, 0) is 6.54 Å². The topological polar surface area (TPSA) is 55.3 Å². The highest BCUT2D eigenvalue weighted by atomic mass is 16.4. The highest BCUT2D eigenvalue weighted by Crippen LogP contribution is 2.22. The number of likely N-dealkylation sites (tertiary alicyclic amines) is 1. The van der Waals surface area contributed by atoms with Crippen LogP contribution in [0.2, 0.25) is 0 Å². The van der Waals surface area contributed by atoms with Crippen LogP contribution < -0.4 is 5.73 Å². The van der Waals surface area contributed by atoms with Crippen molar-refractivity contribution in [2.75, 3.05) is 13.1 Å². The maximum Gasteiger partial charge on any atom is 0.209 e. The van der Waals surface area contributed by atoms with E-state index in [1.54, 1.807) is 6.20 Å². The highest BCUT2D eigenvalue weighted by Gasteiger charge is 2.24. The van der Waals surface area contributed by atoms with Crippen LogP contribution in [0.5, 0.6) is 0 Å². The van der Waals surface area contributed by atoms with E-state index in [2.05, 4.69) is 16.8 Å². The van der Waals surface area contributed by atoms with Crippen molar-refractivity contribution < 1.29 is 4.42 Å². The molecule has 1 aromatic heterocycles. The van der Waals surface area contributed by atoms with Crippen molar-refractivity contribution in [1.29, 1.82) is 0 Å². The first-order valence-electron chi connectivity index (χ1n) is 7.20. The van der Waals surface area contributed by atoms with Gasteiger partial charge in [-0.1, -0.05) is 37.3 Å². The molecule has 4 nitrogen and oxygen atoms in total. The van der Waals surface area contributed by atoms with Crippen molar-refractivity contribution in [3.63, 3.8) is 0 Å². The summed E-state index contributed by atoms with van der Waals surface area (Å²) in [6, 6.07) is 10.3. The van der Waals surface area contributed by atoms with E-state index < -0.39 is 0 Å². The van der Waals surface area contributed by atoms with Crippen molar-refractivity contribution in [1.82, 2.24) is 9.88 Å². The fourth-order valence-electron chi connectivity index (χ4n) is 2.62. The molecule has 0 radical (unpaired) electrons. The van der Waals surface area contributed by atoms with Gasteiger partial charge in [-0.2, -0.15) is 0 Å². The van der Waals surface area contributed by atoms with Gasteiger partial charge in [0.25, 0.3) is 0 Å². The average Bonchev–Trinajstić information content (AvgIpc) is 2.92. The minimum atomic E-state index is 0.257. The van der Waals surface area contributed by atoms with Crippen molar-refractivity contribution >= 4 is 0 Å². The van der Waals surface area contributed by atoms with Gasteiger partial charge >= 0.3 is 0 Å². The molecule has 1 fully saturated rings. The first kappa shape index (κ1) is 13.3. The number of nitrogens with two attached hydrogens (primary N) is 1. The van der Waals surface area contributed by atoms with Gasteiger partial charge in [0.2, 0.25) is 5.89 Å². The second-order valence-electron chi connectivity index (χ2n) is 5.65. The summed E-state index contributed by atoms with van der Waals surface area (Å²) in [5.41, 5.74) is 7.19. The third kappa shape index (κ3) is 2.92. The molecule has 0 amide bonds. The molecule has 0 spiro atoms. The van der Waals surface area contributed by atoms with Crippen LogP contribution in [0.4, 0.5) is 0 Å². The van der Waals surface area contributed by atoms with E-state index in [0.29, 0.717) is 5.92 Å². The Balaban J connectivity index is 1.66. The molecule has 0 bridgehead atoms. The van der Waals surface area contributed by atoms with Crippen molar-refractivity contribution in [2.45, 2.75) is 25.9 Å². The highest BCUT2D eigenvalue weighted by molar-refractivity contribution is 5.55. The van der Waals surface area contributed by atoms with Gasteiger partial charge in [0.15, 0.2) is 5.76 Å². The summed E-state index contributed by atoms with van der Waals surface area (Å²) in [5.74, 6) is 2.21. The fourth-order valence-corrected chi connectivity index (χ4v) is 2.62. The number of piperidine rings is 1. The summed E-state index contributed by atoms with van der Waals surface area (Å²) >= 11 is 0. The Hall–Kier alpha value is -1.65. The van der Waals surface area contributed by atoms with E-state index >= 15 is 0 Å². The standard InChI is InChI=1S/C16H21N3O/c1-12-7-8-19(10-14(12)17)11-16-18-9-15(20-16)13-5-3-2-4-6-13/h2-6,9,12,14H,7-8,10-11,17H2,1H3. The predicted molar refractivity (Wildman–Crippen MR) is 79.0 cm³/mol. The van der Waals surface area contributed by atoms with Gasteiger partial charge in [-0.05, 0) is 18.9 Å². The molecule has 20 heavy (non-hydrogen) atoms. The van der Waals surface area contributed by atoms with E-state index in [0.717, 1.165) is 43.3 Å². The minimum absolute atomic E-state index is 0.257. The van der Waals surface area contributed by atoms with Crippen LogP contribution in [0.15, 0.2) is 40.9 Å². The molecule has 1 saturated heterocycles. The summed E-state index contributed by atoms with van der Waals surface area (Å²) in [6.07, 6.45) is 2.95. The molecule has 1 aromatic carbocycles. The molecule has 0 aliphatic carbocycles. The molecule has 3 rings (SSSR count). The number of hydrogen-bond acceptors (Lipinski definition) is 4. The molecule has 2 aromatic rings. The Labute approximate surface area is 119 Å². The number of benzene rings is 1. The molecule has 2 heterocycles. The predicted octanol–water partition coefficient (Wildman–Crippen LogP) is 2.51. The molecule has 4 heteroatoms. The van der Waals surface area contributed by atoms with E-state index in [-0.39, 0.29) is 6.04 Å². The van der Waals surface area contributed by atoms with Crippen LogP contribution >= 0.6 is 0 Å². The van der Waals surface area contributed by atoms with E-state index in [1.165, 1.54) is 0 Å². The quantitative estimate of drug-likeness (QED) is 0.932. The van der Waals surface area contributed by atoms with Crippen LogP contribution in [0.1, 0.15) is 19.2 Å². The number of oxazole rings is 1. The molecule has 1 aliphatic heterocycles. The first-order valence-corrected chi connectivity index (χ1v) is 7.20. The Morgan fingerprint density at radius 2 is 2.15 bits per heavy atom. The Morgan fingerprint density at radius 3 is 2.90 bits per heavy atom. The third-order valence-corrected chi connectivity index (χ3v) is 4.07. The molecule has 2 atom stereocenters. The fraction of sp³-hybridized carbons (Fsp3) is 0.438. The summed E-state index contributed by atoms with van der Waals surface area (Å²) in [6.45, 7) is 4.95.